The highest BCUT2D eigenvalue weighted by atomic mass is 32.2. The molecular formula is C16H13NO3S. The summed E-state index contributed by atoms with van der Waals surface area (Å²) >= 11 is 0. The molecule has 106 valence electrons. The van der Waals surface area contributed by atoms with Gasteiger partial charge in [-0.15, -0.1) is 0 Å². The first-order valence-electron chi connectivity index (χ1n) is 6.41. The van der Waals surface area contributed by atoms with Crippen molar-refractivity contribution in [3.05, 3.63) is 59.8 Å². The van der Waals surface area contributed by atoms with Gasteiger partial charge in [-0.25, -0.2) is 8.42 Å². The number of aromatic amines is 1. The summed E-state index contributed by atoms with van der Waals surface area (Å²) in [5.74, 6) is 0. The van der Waals surface area contributed by atoms with E-state index in [-0.39, 0.29) is 15.4 Å². The predicted molar refractivity (Wildman–Crippen MR) is 80.3 cm³/mol. The molecule has 5 heteroatoms. The molecule has 3 rings (SSSR count). The Morgan fingerprint density at radius 1 is 1.05 bits per heavy atom. The van der Waals surface area contributed by atoms with Crippen LogP contribution in [0, 0.1) is 6.92 Å². The van der Waals surface area contributed by atoms with Crippen molar-refractivity contribution in [2.24, 2.45) is 0 Å². The zero-order chi connectivity index (χ0) is 15.0. The van der Waals surface area contributed by atoms with Crippen molar-refractivity contribution >= 4 is 27.0 Å². The maximum absolute atomic E-state index is 12.9. The van der Waals surface area contributed by atoms with Crippen molar-refractivity contribution in [3.8, 4) is 0 Å². The van der Waals surface area contributed by atoms with Crippen LogP contribution in [0.5, 0.6) is 0 Å². The molecule has 0 atom stereocenters. The molecule has 0 amide bonds. The average Bonchev–Trinajstić information content (AvgIpc) is 2.94. The minimum Gasteiger partial charge on any atom is -0.361 e. The maximum atomic E-state index is 12.9. The van der Waals surface area contributed by atoms with Crippen molar-refractivity contribution in [1.29, 1.82) is 0 Å². The Morgan fingerprint density at radius 2 is 1.86 bits per heavy atom. The Labute approximate surface area is 122 Å². The molecule has 2 aromatic carbocycles. The van der Waals surface area contributed by atoms with Gasteiger partial charge >= 0.3 is 0 Å². The summed E-state index contributed by atoms with van der Waals surface area (Å²) in [5, 5.41) is 0.620. The van der Waals surface area contributed by atoms with Gasteiger partial charge < -0.3 is 4.98 Å². The Morgan fingerprint density at radius 3 is 2.62 bits per heavy atom. The lowest BCUT2D eigenvalue weighted by molar-refractivity contribution is 0.112. The maximum Gasteiger partial charge on any atom is 0.207 e. The van der Waals surface area contributed by atoms with E-state index >= 15 is 0 Å². The number of sulfone groups is 1. The standard InChI is InChI=1S/C16H13NO3S/c1-11-5-6-15(12(9-11)10-18)21(19,20)16-4-2-3-14-13(16)7-8-17-14/h2-10,17H,1H3. The van der Waals surface area contributed by atoms with E-state index in [1.807, 2.05) is 13.0 Å². The van der Waals surface area contributed by atoms with E-state index < -0.39 is 9.84 Å². The number of rotatable bonds is 3. The van der Waals surface area contributed by atoms with Gasteiger partial charge in [0.05, 0.1) is 9.79 Å². The quantitative estimate of drug-likeness (QED) is 0.756. The van der Waals surface area contributed by atoms with Gasteiger partial charge in [-0.05, 0) is 37.3 Å². The molecule has 1 N–H and O–H groups in total. The highest BCUT2D eigenvalue weighted by Crippen LogP contribution is 2.29. The lowest BCUT2D eigenvalue weighted by Crippen LogP contribution is -2.06. The van der Waals surface area contributed by atoms with E-state index in [1.54, 1.807) is 36.5 Å². The molecule has 0 bridgehead atoms. The second-order valence-corrected chi connectivity index (χ2v) is 6.74. The molecule has 0 unspecified atom stereocenters. The van der Waals surface area contributed by atoms with Gasteiger partial charge in [-0.2, -0.15) is 0 Å². The SMILES string of the molecule is Cc1ccc(S(=O)(=O)c2cccc3[nH]ccc23)c(C=O)c1. The van der Waals surface area contributed by atoms with Gasteiger partial charge in [0.15, 0.2) is 6.29 Å². The Hall–Kier alpha value is -2.40. The number of aldehydes is 1. The third kappa shape index (κ3) is 2.15. The molecule has 0 saturated carbocycles. The highest BCUT2D eigenvalue weighted by Gasteiger charge is 2.23. The van der Waals surface area contributed by atoms with Crippen molar-refractivity contribution < 1.29 is 13.2 Å². The summed E-state index contributed by atoms with van der Waals surface area (Å²) in [7, 11) is -3.75. The number of hydrogen-bond donors (Lipinski definition) is 1. The number of aryl methyl sites for hydroxylation is 1. The second kappa shape index (κ2) is 4.86. The molecule has 4 nitrogen and oxygen atoms in total. The van der Waals surface area contributed by atoms with E-state index in [1.165, 1.54) is 6.07 Å². The van der Waals surface area contributed by atoms with Gasteiger partial charge in [0.25, 0.3) is 0 Å². The van der Waals surface area contributed by atoms with Crippen LogP contribution in [0.2, 0.25) is 0 Å². The van der Waals surface area contributed by atoms with Crippen LogP contribution >= 0.6 is 0 Å². The molecule has 0 fully saturated rings. The van der Waals surface area contributed by atoms with Crippen molar-refractivity contribution in [2.75, 3.05) is 0 Å². The molecule has 0 aliphatic carbocycles. The second-order valence-electron chi connectivity index (χ2n) is 4.86. The summed E-state index contributed by atoms with van der Waals surface area (Å²) < 4.78 is 25.7. The number of benzene rings is 2. The van der Waals surface area contributed by atoms with Gasteiger partial charge in [0, 0.05) is 22.7 Å². The van der Waals surface area contributed by atoms with Crippen LogP contribution in [0.15, 0.2) is 58.5 Å². The monoisotopic (exact) mass is 299 g/mol. The number of aromatic nitrogens is 1. The third-order valence-corrected chi connectivity index (χ3v) is 5.31. The van der Waals surface area contributed by atoms with Gasteiger partial charge in [-0.1, -0.05) is 17.7 Å². The van der Waals surface area contributed by atoms with Gasteiger partial charge in [-0.3, -0.25) is 4.79 Å². The molecule has 0 aliphatic heterocycles. The summed E-state index contributed by atoms with van der Waals surface area (Å²) in [6.45, 7) is 1.82. The largest absolute Gasteiger partial charge is 0.361 e. The Bertz CT molecular complexity index is 939. The van der Waals surface area contributed by atoms with E-state index in [0.717, 1.165) is 11.1 Å². The number of nitrogens with one attached hydrogen (secondary N) is 1. The minimum absolute atomic E-state index is 0.0387. The van der Waals surface area contributed by atoms with Crippen molar-refractivity contribution in [2.45, 2.75) is 16.7 Å². The fourth-order valence-corrected chi connectivity index (χ4v) is 4.04. The fraction of sp³-hybridized carbons (Fsp3) is 0.0625. The molecule has 0 spiro atoms. The normalized spacial score (nSPS) is 11.7. The van der Waals surface area contributed by atoms with Crippen LogP contribution in [-0.4, -0.2) is 19.7 Å². The molecular weight excluding hydrogens is 286 g/mol. The first kappa shape index (κ1) is 13.6. The van der Waals surface area contributed by atoms with Gasteiger partial charge in [0.2, 0.25) is 9.84 Å². The number of fused-ring (bicyclic) bond motifs is 1. The molecule has 1 aromatic heterocycles. The molecule has 1 heterocycles. The van der Waals surface area contributed by atoms with E-state index in [2.05, 4.69) is 4.98 Å². The average molecular weight is 299 g/mol. The Balaban J connectivity index is 2.31. The van der Waals surface area contributed by atoms with Crippen LogP contribution in [0.3, 0.4) is 0 Å². The number of carbonyl (C=O) groups is 1. The lowest BCUT2D eigenvalue weighted by atomic mass is 10.2. The summed E-state index contributed by atoms with van der Waals surface area (Å²) in [5.41, 5.74) is 1.77. The molecule has 3 aromatic rings. The van der Waals surface area contributed by atoms with Gasteiger partial charge in [0.1, 0.15) is 0 Å². The van der Waals surface area contributed by atoms with E-state index in [0.29, 0.717) is 11.7 Å². The summed E-state index contributed by atoms with van der Waals surface area (Å²) in [6.07, 6.45) is 2.27. The number of hydrogen-bond acceptors (Lipinski definition) is 3. The molecule has 21 heavy (non-hydrogen) atoms. The van der Waals surface area contributed by atoms with Crippen LogP contribution in [-0.2, 0) is 9.84 Å². The number of H-pyrrole nitrogens is 1. The number of carbonyl (C=O) groups excluding carboxylic acids is 1. The Kier molecular flexibility index (Phi) is 3.14. The van der Waals surface area contributed by atoms with Crippen molar-refractivity contribution in [3.63, 3.8) is 0 Å². The minimum atomic E-state index is -3.75. The fourth-order valence-electron chi connectivity index (χ4n) is 2.41. The van der Waals surface area contributed by atoms with E-state index in [9.17, 15) is 13.2 Å². The molecule has 0 aliphatic rings. The summed E-state index contributed by atoms with van der Waals surface area (Å²) in [4.78, 5) is 14.4. The summed E-state index contributed by atoms with van der Waals surface area (Å²) in [6, 6.07) is 11.5. The predicted octanol–water partition coefficient (Wildman–Crippen LogP) is 3.12. The molecule has 0 saturated heterocycles. The smallest absolute Gasteiger partial charge is 0.207 e. The van der Waals surface area contributed by atoms with Crippen LogP contribution in [0.4, 0.5) is 0 Å². The topological polar surface area (TPSA) is 67.0 Å². The first-order valence-corrected chi connectivity index (χ1v) is 7.89. The molecule has 0 radical (unpaired) electrons. The third-order valence-electron chi connectivity index (χ3n) is 3.43. The van der Waals surface area contributed by atoms with E-state index in [4.69, 9.17) is 0 Å². The zero-order valence-corrected chi connectivity index (χ0v) is 12.1. The van der Waals surface area contributed by atoms with Crippen molar-refractivity contribution in [1.82, 2.24) is 4.98 Å². The highest BCUT2D eigenvalue weighted by molar-refractivity contribution is 7.91. The van der Waals surface area contributed by atoms with Crippen LogP contribution in [0.25, 0.3) is 10.9 Å². The lowest BCUT2D eigenvalue weighted by Gasteiger charge is -2.09. The first-order chi connectivity index (χ1) is 10.0. The van der Waals surface area contributed by atoms with Crippen LogP contribution < -0.4 is 0 Å². The van der Waals surface area contributed by atoms with Crippen LogP contribution in [0.1, 0.15) is 15.9 Å². The zero-order valence-electron chi connectivity index (χ0n) is 11.3.